The number of hydrogen-bond donors (Lipinski definition) is 1. The minimum Gasteiger partial charge on any atom is -0.484 e. The summed E-state index contributed by atoms with van der Waals surface area (Å²) in [7, 11) is 0. The molecule has 0 atom stereocenters. The number of likely N-dealkylation sites (tertiary alicyclic amines) is 1. The molecule has 152 valence electrons. The van der Waals surface area contributed by atoms with Crippen molar-refractivity contribution < 1.29 is 27.5 Å². The van der Waals surface area contributed by atoms with Crippen LogP contribution in [0.2, 0.25) is 0 Å². The number of para-hydroxylation sites is 1. The number of amides is 2. The van der Waals surface area contributed by atoms with Crippen LogP contribution in [0.25, 0.3) is 0 Å². The van der Waals surface area contributed by atoms with Gasteiger partial charge in [0.25, 0.3) is 11.8 Å². The highest BCUT2D eigenvalue weighted by atomic mass is 19.4. The maximum absolute atomic E-state index is 12.9. The van der Waals surface area contributed by atoms with Gasteiger partial charge in [-0.1, -0.05) is 18.2 Å². The van der Waals surface area contributed by atoms with Crippen LogP contribution in [0.4, 0.5) is 13.2 Å². The maximum Gasteiger partial charge on any atom is 0.416 e. The van der Waals surface area contributed by atoms with Crippen molar-refractivity contribution in [1.82, 2.24) is 10.2 Å². The van der Waals surface area contributed by atoms with Crippen molar-refractivity contribution in [3.8, 4) is 5.75 Å². The van der Waals surface area contributed by atoms with E-state index in [0.29, 0.717) is 43.8 Å². The van der Waals surface area contributed by atoms with Crippen LogP contribution < -0.4 is 10.1 Å². The summed E-state index contributed by atoms with van der Waals surface area (Å²) in [5.41, 5.74) is -1.02. The Hall–Kier alpha value is -3.03. The van der Waals surface area contributed by atoms with Crippen LogP contribution in [0.15, 0.2) is 48.5 Å². The van der Waals surface area contributed by atoms with Crippen LogP contribution in [0.3, 0.4) is 0 Å². The first-order valence-corrected chi connectivity index (χ1v) is 9.30. The molecule has 2 aromatic carbocycles. The van der Waals surface area contributed by atoms with E-state index in [4.69, 9.17) is 4.74 Å². The minimum atomic E-state index is -4.50. The van der Waals surface area contributed by atoms with Crippen molar-refractivity contribution in [3.63, 3.8) is 0 Å². The molecule has 2 amide bonds. The summed E-state index contributed by atoms with van der Waals surface area (Å²) in [6.07, 6.45) is -3.57. The summed E-state index contributed by atoms with van der Waals surface area (Å²) < 4.78 is 45.0. The molecule has 0 aliphatic carbocycles. The van der Waals surface area contributed by atoms with Crippen molar-refractivity contribution in [3.05, 3.63) is 65.2 Å². The second kappa shape index (κ2) is 7.09. The van der Waals surface area contributed by atoms with E-state index in [1.165, 1.54) is 17.0 Å². The van der Waals surface area contributed by atoms with Gasteiger partial charge in [0.2, 0.25) is 0 Å². The summed E-state index contributed by atoms with van der Waals surface area (Å²) in [5, 5.41) is 2.87. The molecule has 2 heterocycles. The predicted molar refractivity (Wildman–Crippen MR) is 98.7 cm³/mol. The average Bonchev–Trinajstić information content (AvgIpc) is 2.85. The van der Waals surface area contributed by atoms with Crippen LogP contribution in [0.5, 0.6) is 5.75 Å². The van der Waals surface area contributed by atoms with Crippen LogP contribution in [-0.4, -0.2) is 41.9 Å². The van der Waals surface area contributed by atoms with Gasteiger partial charge in [0, 0.05) is 31.5 Å². The molecule has 0 saturated carbocycles. The van der Waals surface area contributed by atoms with Crippen molar-refractivity contribution in [1.29, 1.82) is 0 Å². The molecule has 0 unspecified atom stereocenters. The number of ether oxygens (including phenoxy) is 1. The lowest BCUT2D eigenvalue weighted by atomic mass is 9.90. The Morgan fingerprint density at radius 1 is 1.07 bits per heavy atom. The first-order valence-electron chi connectivity index (χ1n) is 9.30. The van der Waals surface area contributed by atoms with Gasteiger partial charge in [-0.05, 0) is 30.3 Å². The lowest BCUT2D eigenvalue weighted by Crippen LogP contribution is -2.54. The molecule has 0 aromatic heterocycles. The highest BCUT2D eigenvalue weighted by Crippen LogP contribution is 2.34. The van der Waals surface area contributed by atoms with Gasteiger partial charge in [-0.3, -0.25) is 9.59 Å². The Morgan fingerprint density at radius 3 is 2.52 bits per heavy atom. The Labute approximate surface area is 165 Å². The molecular formula is C21H19F3N2O3. The summed E-state index contributed by atoms with van der Waals surface area (Å²) in [6, 6.07) is 11.4. The fourth-order valence-corrected chi connectivity index (χ4v) is 3.76. The summed E-state index contributed by atoms with van der Waals surface area (Å²) in [4.78, 5) is 26.5. The molecule has 2 aliphatic rings. The number of hydrogen-bond acceptors (Lipinski definition) is 3. The van der Waals surface area contributed by atoms with Gasteiger partial charge in [0.05, 0.1) is 17.7 Å². The van der Waals surface area contributed by atoms with Crippen LogP contribution in [0, 0.1) is 0 Å². The molecular weight excluding hydrogens is 385 g/mol. The average molecular weight is 404 g/mol. The fraction of sp³-hybridized carbons (Fsp3) is 0.333. The van der Waals surface area contributed by atoms with Crippen LogP contribution in [-0.2, 0) is 6.18 Å². The van der Waals surface area contributed by atoms with Gasteiger partial charge < -0.3 is 15.0 Å². The third kappa shape index (κ3) is 3.79. The second-order valence-corrected chi connectivity index (χ2v) is 7.33. The number of carbonyl (C=O) groups is 2. The Kier molecular flexibility index (Phi) is 4.72. The Balaban J connectivity index is 1.48. The maximum atomic E-state index is 12.9. The third-order valence-corrected chi connectivity index (χ3v) is 5.43. The smallest absolute Gasteiger partial charge is 0.416 e. The van der Waals surface area contributed by atoms with E-state index in [2.05, 4.69) is 5.32 Å². The largest absolute Gasteiger partial charge is 0.484 e. The molecule has 0 bridgehead atoms. The van der Waals surface area contributed by atoms with E-state index in [-0.39, 0.29) is 11.5 Å². The second-order valence-electron chi connectivity index (χ2n) is 7.33. The molecule has 29 heavy (non-hydrogen) atoms. The molecule has 1 saturated heterocycles. The van der Waals surface area contributed by atoms with Gasteiger partial charge in [0.15, 0.2) is 0 Å². The molecule has 2 aliphatic heterocycles. The van der Waals surface area contributed by atoms with Gasteiger partial charge >= 0.3 is 6.18 Å². The summed E-state index contributed by atoms with van der Waals surface area (Å²) in [5.74, 6) is -0.149. The number of rotatable bonds is 1. The molecule has 1 spiro atoms. The number of halogens is 3. The predicted octanol–water partition coefficient (Wildman–Crippen LogP) is 3.50. The van der Waals surface area contributed by atoms with E-state index in [1.807, 2.05) is 0 Å². The molecule has 1 N–H and O–H groups in total. The SMILES string of the molecule is O=C1NCC2(CCN(C(=O)c3cccc(C(F)(F)F)c3)CC2)Oc2ccccc21. The quantitative estimate of drug-likeness (QED) is 0.792. The van der Waals surface area contributed by atoms with E-state index < -0.39 is 23.2 Å². The highest BCUT2D eigenvalue weighted by Gasteiger charge is 2.41. The minimum absolute atomic E-state index is 0.0104. The highest BCUT2D eigenvalue weighted by molar-refractivity contribution is 5.97. The zero-order chi connectivity index (χ0) is 20.6. The van der Waals surface area contributed by atoms with Crippen molar-refractivity contribution in [2.24, 2.45) is 0 Å². The number of alkyl halides is 3. The molecule has 0 radical (unpaired) electrons. The first-order chi connectivity index (χ1) is 13.8. The first kappa shape index (κ1) is 19.3. The van der Waals surface area contributed by atoms with Crippen LogP contribution in [0.1, 0.15) is 39.1 Å². The number of piperidine rings is 1. The lowest BCUT2D eigenvalue weighted by molar-refractivity contribution is -0.137. The number of nitrogens with one attached hydrogen (secondary N) is 1. The number of fused-ring (bicyclic) bond motifs is 1. The zero-order valence-electron chi connectivity index (χ0n) is 15.5. The zero-order valence-corrected chi connectivity index (χ0v) is 15.5. The Morgan fingerprint density at radius 2 is 1.79 bits per heavy atom. The van der Waals surface area contributed by atoms with Crippen LogP contribution >= 0.6 is 0 Å². The van der Waals surface area contributed by atoms with Gasteiger partial charge in [-0.15, -0.1) is 0 Å². The standard InChI is InChI=1S/C21H19F3N2O3/c22-21(23,24)15-5-3-4-14(12-15)19(28)26-10-8-20(9-11-26)13-25-18(27)16-6-1-2-7-17(16)29-20/h1-7,12H,8-11,13H2,(H,25,27). The number of benzene rings is 2. The Bertz CT molecular complexity index is 950. The fourth-order valence-electron chi connectivity index (χ4n) is 3.76. The summed E-state index contributed by atoms with van der Waals surface area (Å²) >= 11 is 0. The normalized spacial score (nSPS) is 18.4. The topological polar surface area (TPSA) is 58.6 Å². The molecule has 8 heteroatoms. The number of carbonyl (C=O) groups excluding carboxylic acids is 2. The lowest BCUT2D eigenvalue weighted by Gasteiger charge is -2.41. The van der Waals surface area contributed by atoms with Gasteiger partial charge in [-0.2, -0.15) is 13.2 Å². The third-order valence-electron chi connectivity index (χ3n) is 5.43. The number of nitrogens with zero attached hydrogens (tertiary/aromatic N) is 1. The van der Waals surface area contributed by atoms with Crippen molar-refractivity contribution in [2.75, 3.05) is 19.6 Å². The molecule has 2 aromatic rings. The monoisotopic (exact) mass is 404 g/mol. The van der Waals surface area contributed by atoms with E-state index in [9.17, 15) is 22.8 Å². The van der Waals surface area contributed by atoms with E-state index >= 15 is 0 Å². The summed E-state index contributed by atoms with van der Waals surface area (Å²) in [6.45, 7) is 0.965. The molecule has 4 rings (SSSR count). The van der Waals surface area contributed by atoms with E-state index in [1.54, 1.807) is 24.3 Å². The van der Waals surface area contributed by atoms with E-state index in [0.717, 1.165) is 12.1 Å². The van der Waals surface area contributed by atoms with Crippen molar-refractivity contribution in [2.45, 2.75) is 24.6 Å². The molecule has 5 nitrogen and oxygen atoms in total. The van der Waals surface area contributed by atoms with Gasteiger partial charge in [0.1, 0.15) is 11.4 Å². The molecule has 1 fully saturated rings. The van der Waals surface area contributed by atoms with Crippen molar-refractivity contribution >= 4 is 11.8 Å². The van der Waals surface area contributed by atoms with Gasteiger partial charge in [-0.25, -0.2) is 0 Å².